The van der Waals surface area contributed by atoms with Gasteiger partial charge in [-0.25, -0.2) is 0 Å². The van der Waals surface area contributed by atoms with Gasteiger partial charge < -0.3 is 14.6 Å². The van der Waals surface area contributed by atoms with Crippen LogP contribution in [0.3, 0.4) is 0 Å². The maximum atomic E-state index is 5.80. The fourth-order valence-electron chi connectivity index (χ4n) is 2.63. The zero-order valence-corrected chi connectivity index (χ0v) is 11.8. The summed E-state index contributed by atoms with van der Waals surface area (Å²) in [5, 5.41) is 11.6. The van der Waals surface area contributed by atoms with Crippen LogP contribution < -0.4 is 10.2 Å². The van der Waals surface area contributed by atoms with Crippen molar-refractivity contribution >= 4 is 6.01 Å². The molecule has 1 aromatic heterocycles. The van der Waals surface area contributed by atoms with Crippen molar-refractivity contribution in [3.8, 4) is 0 Å². The van der Waals surface area contributed by atoms with Crippen molar-refractivity contribution in [1.29, 1.82) is 0 Å². The van der Waals surface area contributed by atoms with E-state index in [1.165, 1.54) is 12.8 Å². The Balaban J connectivity index is 2.09. The predicted molar refractivity (Wildman–Crippen MR) is 71.6 cm³/mol. The molecule has 0 radical (unpaired) electrons. The fourth-order valence-corrected chi connectivity index (χ4v) is 2.63. The van der Waals surface area contributed by atoms with Gasteiger partial charge in [-0.15, -0.1) is 5.10 Å². The summed E-state index contributed by atoms with van der Waals surface area (Å²) in [6, 6.07) is 1.34. The molecule has 18 heavy (non-hydrogen) atoms. The zero-order chi connectivity index (χ0) is 13.1. The van der Waals surface area contributed by atoms with Crippen molar-refractivity contribution in [3.63, 3.8) is 0 Å². The number of aromatic nitrogens is 2. The highest BCUT2D eigenvalue weighted by Gasteiger charge is 2.31. The second-order valence-corrected chi connectivity index (χ2v) is 5.35. The van der Waals surface area contributed by atoms with Crippen molar-refractivity contribution in [3.05, 3.63) is 5.89 Å². The van der Waals surface area contributed by atoms with Crippen LogP contribution in [0.15, 0.2) is 4.42 Å². The van der Waals surface area contributed by atoms with Crippen LogP contribution in [0.25, 0.3) is 0 Å². The van der Waals surface area contributed by atoms with Crippen molar-refractivity contribution < 1.29 is 4.42 Å². The van der Waals surface area contributed by atoms with Crippen LogP contribution >= 0.6 is 0 Å². The van der Waals surface area contributed by atoms with Crippen LogP contribution in [-0.2, 0) is 0 Å². The first-order valence-electron chi connectivity index (χ1n) is 6.97. The fraction of sp³-hybridized carbons (Fsp3) is 0.846. The minimum Gasteiger partial charge on any atom is -0.406 e. The molecule has 2 atom stereocenters. The molecule has 1 aromatic rings. The molecule has 0 spiro atoms. The number of hydrogen-bond donors (Lipinski definition) is 1. The molecule has 0 saturated carbocycles. The number of rotatable bonds is 5. The molecule has 0 aliphatic carbocycles. The van der Waals surface area contributed by atoms with Gasteiger partial charge in [0, 0.05) is 12.6 Å². The van der Waals surface area contributed by atoms with E-state index in [4.69, 9.17) is 4.42 Å². The van der Waals surface area contributed by atoms with Crippen LogP contribution in [0, 0.1) is 5.92 Å². The van der Waals surface area contributed by atoms with Gasteiger partial charge in [0.1, 0.15) is 0 Å². The second-order valence-electron chi connectivity index (χ2n) is 5.35. The molecule has 1 N–H and O–H groups in total. The first-order chi connectivity index (χ1) is 8.63. The molecule has 5 heteroatoms. The summed E-state index contributed by atoms with van der Waals surface area (Å²) >= 11 is 0. The molecule has 2 unspecified atom stereocenters. The van der Waals surface area contributed by atoms with Gasteiger partial charge in [0.15, 0.2) is 0 Å². The molecule has 1 saturated heterocycles. The molecule has 2 heterocycles. The Bertz CT molecular complexity index is 377. The van der Waals surface area contributed by atoms with Gasteiger partial charge in [0.05, 0.1) is 6.04 Å². The van der Waals surface area contributed by atoms with Crippen LogP contribution in [0.2, 0.25) is 0 Å². The molecule has 1 aliphatic heterocycles. The second kappa shape index (κ2) is 5.69. The molecule has 102 valence electrons. The lowest BCUT2D eigenvalue weighted by atomic mass is 10.0. The Kier molecular flexibility index (Phi) is 4.22. The third-order valence-corrected chi connectivity index (χ3v) is 3.63. The normalized spacial score (nSPS) is 21.8. The highest BCUT2D eigenvalue weighted by atomic mass is 16.4. The van der Waals surface area contributed by atoms with Crippen molar-refractivity contribution in [2.45, 2.75) is 52.6 Å². The molecule has 5 nitrogen and oxygen atoms in total. The van der Waals surface area contributed by atoms with E-state index in [0.29, 0.717) is 23.9 Å². The molecule has 1 fully saturated rings. The number of anilines is 1. The van der Waals surface area contributed by atoms with Gasteiger partial charge in [-0.1, -0.05) is 25.9 Å². The van der Waals surface area contributed by atoms with Crippen LogP contribution in [-0.4, -0.2) is 29.3 Å². The lowest BCUT2D eigenvalue weighted by Crippen LogP contribution is -2.33. The summed E-state index contributed by atoms with van der Waals surface area (Å²) in [5.74, 6) is 1.30. The van der Waals surface area contributed by atoms with Crippen molar-refractivity contribution in [2.24, 2.45) is 5.92 Å². The quantitative estimate of drug-likeness (QED) is 0.872. The van der Waals surface area contributed by atoms with E-state index in [0.717, 1.165) is 13.1 Å². The summed E-state index contributed by atoms with van der Waals surface area (Å²) in [4.78, 5) is 2.26. The third-order valence-electron chi connectivity index (χ3n) is 3.63. The third kappa shape index (κ3) is 2.66. The predicted octanol–water partition coefficient (Wildman–Crippen LogP) is 2.36. The average molecular weight is 252 g/mol. The van der Waals surface area contributed by atoms with Crippen molar-refractivity contribution in [2.75, 3.05) is 18.0 Å². The minimum atomic E-state index is 0.122. The monoisotopic (exact) mass is 252 g/mol. The van der Waals surface area contributed by atoms with E-state index in [9.17, 15) is 0 Å². The summed E-state index contributed by atoms with van der Waals surface area (Å²) in [5.41, 5.74) is 0. The van der Waals surface area contributed by atoms with Gasteiger partial charge in [0.2, 0.25) is 5.89 Å². The Hall–Kier alpha value is -1.10. The molecule has 0 amide bonds. The van der Waals surface area contributed by atoms with Crippen LogP contribution in [0.5, 0.6) is 0 Å². The highest BCUT2D eigenvalue weighted by molar-refractivity contribution is 5.29. The van der Waals surface area contributed by atoms with Gasteiger partial charge in [-0.05, 0) is 32.2 Å². The first-order valence-corrected chi connectivity index (χ1v) is 6.97. The number of nitrogens with one attached hydrogen (secondary N) is 1. The Morgan fingerprint density at radius 2 is 2.17 bits per heavy atom. The number of nitrogens with zero attached hydrogens (tertiary/aromatic N) is 3. The maximum absolute atomic E-state index is 5.80. The van der Waals surface area contributed by atoms with Gasteiger partial charge in [-0.2, -0.15) is 0 Å². The molecule has 0 bridgehead atoms. The van der Waals surface area contributed by atoms with E-state index in [-0.39, 0.29) is 6.04 Å². The lowest BCUT2D eigenvalue weighted by molar-refractivity contribution is 0.403. The van der Waals surface area contributed by atoms with Gasteiger partial charge in [-0.3, -0.25) is 0 Å². The van der Waals surface area contributed by atoms with E-state index < -0.39 is 0 Å². The SMILES string of the molecule is CCNC(C)c1nnc(N2CCCC2C(C)C)o1. The van der Waals surface area contributed by atoms with Crippen molar-refractivity contribution in [1.82, 2.24) is 15.5 Å². The van der Waals surface area contributed by atoms with Gasteiger partial charge >= 0.3 is 6.01 Å². The largest absolute Gasteiger partial charge is 0.406 e. The van der Waals surface area contributed by atoms with Gasteiger partial charge in [0.25, 0.3) is 0 Å². The summed E-state index contributed by atoms with van der Waals surface area (Å²) in [6.07, 6.45) is 2.43. The Morgan fingerprint density at radius 1 is 1.39 bits per heavy atom. The van der Waals surface area contributed by atoms with Crippen LogP contribution in [0.1, 0.15) is 52.5 Å². The minimum absolute atomic E-state index is 0.122. The summed E-state index contributed by atoms with van der Waals surface area (Å²) in [6.45, 7) is 10.5. The summed E-state index contributed by atoms with van der Waals surface area (Å²) in [7, 11) is 0. The zero-order valence-electron chi connectivity index (χ0n) is 11.8. The van der Waals surface area contributed by atoms with Crippen LogP contribution in [0.4, 0.5) is 6.01 Å². The topological polar surface area (TPSA) is 54.2 Å². The van der Waals surface area contributed by atoms with E-state index in [2.05, 4.69) is 41.2 Å². The summed E-state index contributed by atoms with van der Waals surface area (Å²) < 4.78 is 5.80. The molecule has 0 aromatic carbocycles. The standard InChI is InChI=1S/C13H24N4O/c1-5-14-10(4)12-15-16-13(18-12)17-8-6-7-11(17)9(2)3/h9-11,14H,5-8H2,1-4H3. The van der Waals surface area contributed by atoms with E-state index in [1.807, 2.05) is 6.92 Å². The average Bonchev–Trinajstić information content (AvgIpc) is 2.98. The molecule has 2 rings (SSSR count). The highest BCUT2D eigenvalue weighted by Crippen LogP contribution is 2.29. The molecular formula is C13H24N4O. The van der Waals surface area contributed by atoms with E-state index in [1.54, 1.807) is 0 Å². The smallest absolute Gasteiger partial charge is 0.318 e. The Morgan fingerprint density at radius 3 is 2.83 bits per heavy atom. The maximum Gasteiger partial charge on any atom is 0.318 e. The number of hydrogen-bond acceptors (Lipinski definition) is 5. The van der Waals surface area contributed by atoms with E-state index >= 15 is 0 Å². The Labute approximate surface area is 109 Å². The molecular weight excluding hydrogens is 228 g/mol. The first kappa shape index (κ1) is 13.3. The lowest BCUT2D eigenvalue weighted by Gasteiger charge is -2.25. The molecule has 1 aliphatic rings.